The van der Waals surface area contributed by atoms with E-state index in [0.29, 0.717) is 29.1 Å². The van der Waals surface area contributed by atoms with Gasteiger partial charge in [-0.25, -0.2) is 0 Å². The van der Waals surface area contributed by atoms with Crippen molar-refractivity contribution >= 4 is 23.2 Å². The van der Waals surface area contributed by atoms with Gasteiger partial charge in [-0.3, -0.25) is 4.79 Å². The van der Waals surface area contributed by atoms with Crippen LogP contribution in [-0.2, 0) is 11.3 Å². The largest absolute Gasteiger partial charge is 0.493 e. The van der Waals surface area contributed by atoms with Gasteiger partial charge in [-0.15, -0.1) is 0 Å². The van der Waals surface area contributed by atoms with Crippen LogP contribution in [0, 0.1) is 6.92 Å². The Hall–Kier alpha value is -2.24. The minimum atomic E-state index is -0.241. The van der Waals surface area contributed by atoms with Gasteiger partial charge in [-0.1, -0.05) is 48.6 Å². The number of aryl methyl sites for hydroxylation is 1. The van der Waals surface area contributed by atoms with E-state index in [9.17, 15) is 4.79 Å². The summed E-state index contributed by atoms with van der Waals surface area (Å²) in [6, 6.07) is 11.8. The predicted molar refractivity (Wildman–Crippen MR) is 117 cm³/mol. The molecule has 0 saturated heterocycles. The molecular formula is C23H29ClN2O3. The highest BCUT2D eigenvalue weighted by atomic mass is 35.5. The molecule has 0 radical (unpaired) electrons. The molecule has 0 unspecified atom stereocenters. The first-order chi connectivity index (χ1) is 14.0. The minimum Gasteiger partial charge on any atom is -0.493 e. The van der Waals surface area contributed by atoms with Crippen molar-refractivity contribution < 1.29 is 14.3 Å². The summed E-state index contributed by atoms with van der Waals surface area (Å²) in [5.74, 6) is 0.783. The zero-order valence-electron chi connectivity index (χ0n) is 17.1. The number of carbonyl (C=O) groups excluding carboxylic acids is 1. The Morgan fingerprint density at radius 2 is 1.83 bits per heavy atom. The Balaban J connectivity index is 1.57. The summed E-state index contributed by atoms with van der Waals surface area (Å²) in [6.07, 6.45) is 6.33. The van der Waals surface area contributed by atoms with Crippen molar-refractivity contribution in [2.45, 2.75) is 51.6 Å². The topological polar surface area (TPSA) is 59.6 Å². The highest BCUT2D eigenvalue weighted by molar-refractivity contribution is 6.31. The molecule has 156 valence electrons. The quantitative estimate of drug-likeness (QED) is 0.628. The summed E-state index contributed by atoms with van der Waals surface area (Å²) in [6.45, 7) is 2.56. The lowest BCUT2D eigenvalue weighted by Gasteiger charge is -2.23. The predicted octanol–water partition coefficient (Wildman–Crippen LogP) is 5.10. The van der Waals surface area contributed by atoms with Crippen LogP contribution in [0.4, 0.5) is 5.69 Å². The van der Waals surface area contributed by atoms with E-state index in [1.165, 1.54) is 32.1 Å². The summed E-state index contributed by atoms with van der Waals surface area (Å²) < 4.78 is 11.1. The Morgan fingerprint density at radius 1 is 1.10 bits per heavy atom. The normalized spacial score (nSPS) is 14.4. The molecule has 1 amide bonds. The average Bonchev–Trinajstić information content (AvgIpc) is 2.74. The van der Waals surface area contributed by atoms with Crippen molar-refractivity contribution in [2.24, 2.45) is 0 Å². The van der Waals surface area contributed by atoms with E-state index in [1.807, 2.05) is 37.3 Å². The number of anilines is 1. The van der Waals surface area contributed by atoms with Crippen molar-refractivity contribution in [1.82, 2.24) is 5.32 Å². The van der Waals surface area contributed by atoms with E-state index in [-0.39, 0.29) is 12.5 Å². The molecule has 0 aromatic heterocycles. The molecule has 1 aliphatic carbocycles. The maximum absolute atomic E-state index is 12.2. The van der Waals surface area contributed by atoms with E-state index in [2.05, 4.69) is 10.6 Å². The van der Waals surface area contributed by atoms with Crippen LogP contribution >= 0.6 is 11.6 Å². The fourth-order valence-corrected chi connectivity index (χ4v) is 3.74. The second-order valence-electron chi connectivity index (χ2n) is 7.51. The zero-order valence-corrected chi connectivity index (χ0v) is 17.8. The molecule has 2 aromatic carbocycles. The third-order valence-corrected chi connectivity index (χ3v) is 5.56. The number of methoxy groups -OCH3 is 1. The van der Waals surface area contributed by atoms with Gasteiger partial charge in [0.1, 0.15) is 0 Å². The number of hydrogen-bond acceptors (Lipinski definition) is 4. The molecule has 0 aliphatic heterocycles. The SMILES string of the molecule is COc1cc(CNC2CCCCC2)c(Cl)cc1OCC(=O)Nc1ccc(C)cc1. The smallest absolute Gasteiger partial charge is 0.262 e. The van der Waals surface area contributed by atoms with E-state index >= 15 is 0 Å². The van der Waals surface area contributed by atoms with E-state index in [4.69, 9.17) is 21.1 Å². The number of amides is 1. The molecule has 0 spiro atoms. The zero-order chi connectivity index (χ0) is 20.6. The number of halogens is 1. The summed E-state index contributed by atoms with van der Waals surface area (Å²) in [5, 5.41) is 7.00. The Labute approximate surface area is 177 Å². The average molecular weight is 417 g/mol. The van der Waals surface area contributed by atoms with Crippen LogP contribution in [0.1, 0.15) is 43.2 Å². The fourth-order valence-electron chi connectivity index (χ4n) is 3.52. The minimum absolute atomic E-state index is 0.125. The van der Waals surface area contributed by atoms with Gasteiger partial charge in [-0.2, -0.15) is 0 Å². The lowest BCUT2D eigenvalue weighted by atomic mass is 9.95. The van der Waals surface area contributed by atoms with Gasteiger partial charge in [0.15, 0.2) is 18.1 Å². The Kier molecular flexibility index (Phi) is 7.78. The van der Waals surface area contributed by atoms with Gasteiger partial charge in [0.05, 0.1) is 7.11 Å². The van der Waals surface area contributed by atoms with Crippen molar-refractivity contribution in [1.29, 1.82) is 0 Å². The number of benzene rings is 2. The van der Waals surface area contributed by atoms with Crippen LogP contribution in [-0.4, -0.2) is 25.7 Å². The van der Waals surface area contributed by atoms with Crippen LogP contribution in [0.5, 0.6) is 11.5 Å². The van der Waals surface area contributed by atoms with Crippen LogP contribution in [0.3, 0.4) is 0 Å². The first kappa shape index (κ1) is 21.5. The second-order valence-corrected chi connectivity index (χ2v) is 7.92. The van der Waals surface area contributed by atoms with Gasteiger partial charge in [0.25, 0.3) is 5.91 Å². The van der Waals surface area contributed by atoms with Crippen LogP contribution in [0.2, 0.25) is 5.02 Å². The molecule has 2 N–H and O–H groups in total. The number of hydrogen-bond donors (Lipinski definition) is 2. The highest BCUT2D eigenvalue weighted by Gasteiger charge is 2.16. The number of rotatable bonds is 8. The maximum Gasteiger partial charge on any atom is 0.262 e. The van der Waals surface area contributed by atoms with Crippen LogP contribution in [0.15, 0.2) is 36.4 Å². The highest BCUT2D eigenvalue weighted by Crippen LogP contribution is 2.33. The van der Waals surface area contributed by atoms with Crippen molar-refractivity contribution in [3.8, 4) is 11.5 Å². The van der Waals surface area contributed by atoms with E-state index in [1.54, 1.807) is 13.2 Å². The molecule has 1 saturated carbocycles. The molecule has 5 nitrogen and oxygen atoms in total. The van der Waals surface area contributed by atoms with Gasteiger partial charge in [0.2, 0.25) is 0 Å². The summed E-state index contributed by atoms with van der Waals surface area (Å²) >= 11 is 6.46. The monoisotopic (exact) mass is 416 g/mol. The molecular weight excluding hydrogens is 388 g/mol. The summed E-state index contributed by atoms with van der Waals surface area (Å²) in [4.78, 5) is 12.2. The summed E-state index contributed by atoms with van der Waals surface area (Å²) in [7, 11) is 1.58. The Morgan fingerprint density at radius 3 is 2.52 bits per heavy atom. The molecule has 29 heavy (non-hydrogen) atoms. The van der Waals surface area contributed by atoms with Gasteiger partial charge in [-0.05, 0) is 43.5 Å². The van der Waals surface area contributed by atoms with Crippen LogP contribution in [0.25, 0.3) is 0 Å². The standard InChI is InChI=1S/C23H29ClN2O3/c1-16-8-10-19(11-9-16)26-23(27)15-29-22-13-20(24)17(12-21(22)28-2)14-25-18-6-4-3-5-7-18/h8-13,18,25H,3-7,14-15H2,1-2H3,(H,26,27). The van der Waals surface area contributed by atoms with E-state index < -0.39 is 0 Å². The van der Waals surface area contributed by atoms with Gasteiger partial charge in [0, 0.05) is 29.4 Å². The molecule has 1 aliphatic rings. The second kappa shape index (κ2) is 10.5. The van der Waals surface area contributed by atoms with E-state index in [0.717, 1.165) is 16.8 Å². The Bertz CT molecular complexity index is 818. The number of ether oxygens (including phenoxy) is 2. The number of carbonyl (C=O) groups is 1. The lowest BCUT2D eigenvalue weighted by Crippen LogP contribution is -2.30. The molecule has 2 aromatic rings. The van der Waals surface area contributed by atoms with Crippen LogP contribution < -0.4 is 20.1 Å². The third-order valence-electron chi connectivity index (χ3n) is 5.21. The fraction of sp³-hybridized carbons (Fsp3) is 0.435. The van der Waals surface area contributed by atoms with Crippen molar-refractivity contribution in [3.05, 3.63) is 52.5 Å². The molecule has 6 heteroatoms. The van der Waals surface area contributed by atoms with Gasteiger partial charge < -0.3 is 20.1 Å². The van der Waals surface area contributed by atoms with Gasteiger partial charge >= 0.3 is 0 Å². The third kappa shape index (κ3) is 6.38. The molecule has 0 bridgehead atoms. The first-order valence-electron chi connectivity index (χ1n) is 10.1. The molecule has 3 rings (SSSR count). The number of nitrogens with one attached hydrogen (secondary N) is 2. The molecule has 0 heterocycles. The lowest BCUT2D eigenvalue weighted by molar-refractivity contribution is -0.118. The first-order valence-corrected chi connectivity index (χ1v) is 10.5. The molecule has 0 atom stereocenters. The van der Waals surface area contributed by atoms with Crippen molar-refractivity contribution in [3.63, 3.8) is 0 Å². The maximum atomic E-state index is 12.2. The van der Waals surface area contributed by atoms with Crippen molar-refractivity contribution in [2.75, 3.05) is 19.0 Å². The summed E-state index contributed by atoms with van der Waals surface area (Å²) in [5.41, 5.74) is 2.83. The molecule has 1 fully saturated rings.